The lowest BCUT2D eigenvalue weighted by Crippen LogP contribution is -2.47. The summed E-state index contributed by atoms with van der Waals surface area (Å²) in [6.45, 7) is 10.2. The molecule has 0 spiro atoms. The van der Waals surface area contributed by atoms with Crippen LogP contribution in [0.25, 0.3) is 0 Å². The molecule has 32 heavy (non-hydrogen) atoms. The molecule has 0 unspecified atom stereocenters. The number of primary amides is 1. The van der Waals surface area contributed by atoms with Crippen LogP contribution in [0.5, 0.6) is 0 Å². The molecule has 2 aliphatic rings. The number of benzene rings is 1. The minimum Gasteiger partial charge on any atom is -0.365 e. The summed E-state index contributed by atoms with van der Waals surface area (Å²) in [5, 5.41) is 6.20. The SMILES string of the molecule is Cc1ccc(NC(=O)Nc2sc3c(c2C(N)=O)CCN(CCN2CCN(C)CC2)C3)cc1. The summed E-state index contributed by atoms with van der Waals surface area (Å²) in [6, 6.07) is 7.20. The second-order valence-corrected chi connectivity index (χ2v) is 9.79. The molecule has 0 bridgehead atoms. The molecule has 4 rings (SSSR count). The highest BCUT2D eigenvalue weighted by molar-refractivity contribution is 7.17. The number of rotatable bonds is 6. The van der Waals surface area contributed by atoms with E-state index in [9.17, 15) is 9.59 Å². The van der Waals surface area contributed by atoms with E-state index in [1.165, 1.54) is 11.3 Å². The highest BCUT2D eigenvalue weighted by Gasteiger charge is 2.28. The van der Waals surface area contributed by atoms with Crippen molar-refractivity contribution in [1.82, 2.24) is 14.7 Å². The molecule has 9 heteroatoms. The number of urea groups is 1. The van der Waals surface area contributed by atoms with Crippen LogP contribution in [-0.4, -0.2) is 79.5 Å². The average Bonchev–Trinajstić information content (AvgIpc) is 3.12. The maximum atomic E-state index is 12.5. The highest BCUT2D eigenvalue weighted by Crippen LogP contribution is 2.37. The molecule has 1 aromatic carbocycles. The van der Waals surface area contributed by atoms with Crippen LogP contribution in [0.1, 0.15) is 26.4 Å². The molecule has 0 atom stereocenters. The van der Waals surface area contributed by atoms with Crippen molar-refractivity contribution in [3.05, 3.63) is 45.8 Å². The number of thiophene rings is 1. The van der Waals surface area contributed by atoms with E-state index in [1.54, 1.807) is 0 Å². The summed E-state index contributed by atoms with van der Waals surface area (Å²) in [4.78, 5) is 33.2. The predicted octanol–water partition coefficient (Wildman–Crippen LogP) is 2.40. The van der Waals surface area contributed by atoms with Crippen molar-refractivity contribution < 1.29 is 9.59 Å². The van der Waals surface area contributed by atoms with E-state index in [-0.39, 0.29) is 6.03 Å². The summed E-state index contributed by atoms with van der Waals surface area (Å²) in [7, 11) is 2.17. The van der Waals surface area contributed by atoms with Gasteiger partial charge in [-0.05, 0) is 38.1 Å². The van der Waals surface area contributed by atoms with Crippen LogP contribution in [0, 0.1) is 6.92 Å². The van der Waals surface area contributed by atoms with Gasteiger partial charge in [0.2, 0.25) is 0 Å². The van der Waals surface area contributed by atoms with Crippen molar-refractivity contribution in [2.75, 3.05) is 63.5 Å². The minimum absolute atomic E-state index is 0.373. The van der Waals surface area contributed by atoms with Crippen LogP contribution in [-0.2, 0) is 13.0 Å². The quantitative estimate of drug-likeness (QED) is 0.621. The zero-order valence-electron chi connectivity index (χ0n) is 18.8. The van der Waals surface area contributed by atoms with E-state index in [1.807, 2.05) is 31.2 Å². The smallest absolute Gasteiger partial charge is 0.324 e. The number of carbonyl (C=O) groups excluding carboxylic acids is 2. The zero-order chi connectivity index (χ0) is 22.7. The molecule has 1 aromatic heterocycles. The van der Waals surface area contributed by atoms with Gasteiger partial charge in [-0.25, -0.2) is 4.79 Å². The molecule has 2 aromatic rings. The summed E-state index contributed by atoms with van der Waals surface area (Å²) in [5.74, 6) is -0.487. The van der Waals surface area contributed by atoms with E-state index in [2.05, 4.69) is 32.4 Å². The standard InChI is InChI=1S/C23H32N6O2S/c1-16-3-5-17(6-4-16)25-23(31)26-22-20(21(24)30)18-7-8-29(15-19(18)32-22)14-13-28-11-9-27(2)10-12-28/h3-6H,7-15H2,1-2H3,(H2,24,30)(H2,25,26,31). The summed E-state index contributed by atoms with van der Waals surface area (Å²) >= 11 is 1.46. The second-order valence-electron chi connectivity index (χ2n) is 8.69. The number of nitrogens with two attached hydrogens (primary N) is 1. The van der Waals surface area contributed by atoms with Gasteiger partial charge in [0.25, 0.3) is 5.91 Å². The number of anilines is 2. The van der Waals surface area contributed by atoms with Gasteiger partial charge in [-0.1, -0.05) is 17.7 Å². The number of fused-ring (bicyclic) bond motifs is 1. The number of aryl methyl sites for hydroxylation is 1. The molecule has 4 N–H and O–H groups in total. The van der Waals surface area contributed by atoms with Gasteiger partial charge in [0, 0.05) is 62.9 Å². The first-order valence-electron chi connectivity index (χ1n) is 11.1. The number of piperazine rings is 1. The van der Waals surface area contributed by atoms with E-state index in [0.717, 1.165) is 74.8 Å². The molecule has 172 valence electrons. The molecule has 0 aliphatic carbocycles. The van der Waals surface area contributed by atoms with E-state index in [4.69, 9.17) is 5.73 Å². The first kappa shape index (κ1) is 22.7. The Kier molecular flexibility index (Phi) is 7.10. The van der Waals surface area contributed by atoms with Gasteiger partial charge in [-0.2, -0.15) is 0 Å². The monoisotopic (exact) mass is 456 g/mol. The molecule has 2 aliphatic heterocycles. The highest BCUT2D eigenvalue weighted by atomic mass is 32.1. The molecule has 3 amide bonds. The Morgan fingerprint density at radius 2 is 1.69 bits per heavy atom. The third-order valence-corrected chi connectivity index (χ3v) is 7.38. The van der Waals surface area contributed by atoms with Crippen molar-refractivity contribution in [2.45, 2.75) is 19.9 Å². The van der Waals surface area contributed by atoms with Gasteiger partial charge in [0.15, 0.2) is 0 Å². The van der Waals surface area contributed by atoms with Gasteiger partial charge in [0.1, 0.15) is 5.00 Å². The molecule has 1 fully saturated rings. The molecule has 8 nitrogen and oxygen atoms in total. The minimum atomic E-state index is -0.487. The summed E-state index contributed by atoms with van der Waals surface area (Å²) in [5.41, 5.74) is 8.97. The Labute approximate surface area is 193 Å². The lowest BCUT2D eigenvalue weighted by Gasteiger charge is -2.34. The van der Waals surface area contributed by atoms with Crippen LogP contribution < -0.4 is 16.4 Å². The van der Waals surface area contributed by atoms with Gasteiger partial charge in [-0.3, -0.25) is 19.9 Å². The molecule has 0 saturated carbocycles. The topological polar surface area (TPSA) is 93.9 Å². The van der Waals surface area contributed by atoms with Gasteiger partial charge < -0.3 is 16.0 Å². The largest absolute Gasteiger partial charge is 0.365 e. The average molecular weight is 457 g/mol. The maximum absolute atomic E-state index is 12.5. The zero-order valence-corrected chi connectivity index (χ0v) is 19.6. The number of carbonyl (C=O) groups is 2. The van der Waals surface area contributed by atoms with E-state index < -0.39 is 5.91 Å². The molecule has 3 heterocycles. The fourth-order valence-electron chi connectivity index (χ4n) is 4.25. The van der Waals surface area contributed by atoms with Crippen LogP contribution in [0.3, 0.4) is 0 Å². The summed E-state index contributed by atoms with van der Waals surface area (Å²) < 4.78 is 0. The Morgan fingerprint density at radius 3 is 2.38 bits per heavy atom. The first-order valence-corrected chi connectivity index (χ1v) is 11.9. The summed E-state index contributed by atoms with van der Waals surface area (Å²) in [6.07, 6.45) is 0.772. The number of hydrogen-bond acceptors (Lipinski definition) is 6. The van der Waals surface area contributed by atoms with Crippen molar-refractivity contribution in [2.24, 2.45) is 5.73 Å². The Hall–Kier alpha value is -2.46. The van der Waals surface area contributed by atoms with Gasteiger partial charge in [-0.15, -0.1) is 11.3 Å². The van der Waals surface area contributed by atoms with Crippen molar-refractivity contribution in [3.8, 4) is 0 Å². The fourth-order valence-corrected chi connectivity index (χ4v) is 5.54. The molecular formula is C23H32N6O2S. The number of amides is 3. The Bertz CT molecular complexity index is 966. The van der Waals surface area contributed by atoms with Gasteiger partial charge >= 0.3 is 6.03 Å². The lowest BCUT2D eigenvalue weighted by atomic mass is 10.0. The fraction of sp³-hybridized carbons (Fsp3) is 0.478. The van der Waals surface area contributed by atoms with E-state index in [0.29, 0.717) is 16.3 Å². The van der Waals surface area contributed by atoms with Crippen LogP contribution in [0.2, 0.25) is 0 Å². The Morgan fingerprint density at radius 1 is 1.00 bits per heavy atom. The molecular weight excluding hydrogens is 424 g/mol. The van der Waals surface area contributed by atoms with Crippen LogP contribution in [0.15, 0.2) is 24.3 Å². The first-order chi connectivity index (χ1) is 15.4. The molecule has 1 saturated heterocycles. The number of nitrogens with one attached hydrogen (secondary N) is 2. The van der Waals surface area contributed by atoms with Crippen molar-refractivity contribution in [1.29, 1.82) is 0 Å². The Balaban J connectivity index is 1.39. The number of hydrogen-bond donors (Lipinski definition) is 3. The van der Waals surface area contributed by atoms with Gasteiger partial charge in [0.05, 0.1) is 5.56 Å². The van der Waals surface area contributed by atoms with Crippen LogP contribution in [0.4, 0.5) is 15.5 Å². The third-order valence-electron chi connectivity index (χ3n) is 6.25. The molecule has 0 radical (unpaired) electrons. The van der Waals surface area contributed by atoms with E-state index >= 15 is 0 Å². The van der Waals surface area contributed by atoms with Crippen molar-refractivity contribution >= 4 is 34.0 Å². The maximum Gasteiger partial charge on any atom is 0.324 e. The second kappa shape index (κ2) is 9.99. The lowest BCUT2D eigenvalue weighted by molar-refractivity contribution is 0.0999. The normalized spacial score (nSPS) is 17.7. The number of nitrogens with zero attached hydrogens (tertiary/aromatic N) is 3. The van der Waals surface area contributed by atoms with Crippen molar-refractivity contribution in [3.63, 3.8) is 0 Å². The predicted molar refractivity (Wildman–Crippen MR) is 130 cm³/mol. The number of likely N-dealkylation sites (N-methyl/N-ethyl adjacent to an activating group) is 1. The van der Waals surface area contributed by atoms with Crippen LogP contribution >= 0.6 is 11.3 Å². The third kappa shape index (κ3) is 5.47.